The molecule has 0 spiro atoms. The van der Waals surface area contributed by atoms with Crippen LogP contribution in [0.5, 0.6) is 0 Å². The third kappa shape index (κ3) is 10.6. The first-order chi connectivity index (χ1) is 15.1. The lowest BCUT2D eigenvalue weighted by molar-refractivity contribution is -0.194. The van der Waals surface area contributed by atoms with Gasteiger partial charge in [-0.15, -0.1) is 0 Å². The molecule has 0 N–H and O–H groups in total. The van der Waals surface area contributed by atoms with Crippen molar-refractivity contribution in [3.8, 4) is 0 Å². The average Bonchev–Trinajstić information content (AvgIpc) is 2.80. The number of allylic oxidation sites excluding steroid dienone is 12. The molecule has 0 saturated carbocycles. The van der Waals surface area contributed by atoms with Gasteiger partial charge in [0.15, 0.2) is 0 Å². The highest BCUT2D eigenvalue weighted by atomic mass is 16.7. The number of ketones is 2. The van der Waals surface area contributed by atoms with E-state index in [0.717, 1.165) is 11.1 Å². The molecule has 0 aromatic heterocycles. The largest absolute Gasteiger partial charge is 0.347 e. The normalized spacial score (nSPS) is 14.8. The quantitative estimate of drug-likeness (QED) is 0.217. The van der Waals surface area contributed by atoms with Gasteiger partial charge in [-0.2, -0.15) is 0 Å². The van der Waals surface area contributed by atoms with Crippen molar-refractivity contribution in [2.45, 2.75) is 39.3 Å². The SMILES string of the molecule is COC(C)(OC)C(=O)C=CC=CC(C)=CC=CC=C(C)C=CC=CC(=O)C(C)(OC)OC. The number of rotatable bonds is 14. The Morgan fingerprint density at radius 3 is 1.09 bits per heavy atom. The maximum atomic E-state index is 12.0. The lowest BCUT2D eigenvalue weighted by Crippen LogP contribution is -2.38. The van der Waals surface area contributed by atoms with Crippen LogP contribution in [0.25, 0.3) is 0 Å². The topological polar surface area (TPSA) is 71.1 Å². The number of hydrogen-bond donors (Lipinski definition) is 0. The highest BCUT2D eigenvalue weighted by Crippen LogP contribution is 2.13. The standard InChI is InChI=1S/C26H36O6/c1-21(17-11-13-19-23(27)25(3,29-5)30-6)15-9-10-16-22(2)18-12-14-20-24(28)26(4,31-7)32-8/h9-20H,1-8H3. The molecule has 0 saturated heterocycles. The fourth-order valence-electron chi connectivity index (χ4n) is 2.10. The van der Waals surface area contributed by atoms with E-state index in [0.29, 0.717) is 0 Å². The van der Waals surface area contributed by atoms with Crippen LogP contribution >= 0.6 is 0 Å². The highest BCUT2D eigenvalue weighted by molar-refractivity contribution is 5.96. The molecule has 0 amide bonds. The second-order valence-electron chi connectivity index (χ2n) is 7.08. The summed E-state index contributed by atoms with van der Waals surface area (Å²) >= 11 is 0. The minimum Gasteiger partial charge on any atom is -0.347 e. The molecule has 0 bridgehead atoms. The summed E-state index contributed by atoms with van der Waals surface area (Å²) < 4.78 is 20.3. The molecule has 0 atom stereocenters. The number of carbonyl (C=O) groups excluding carboxylic acids is 2. The first-order valence-corrected chi connectivity index (χ1v) is 10.1. The fourth-order valence-corrected chi connectivity index (χ4v) is 2.10. The maximum absolute atomic E-state index is 12.0. The van der Waals surface area contributed by atoms with E-state index in [9.17, 15) is 9.59 Å². The van der Waals surface area contributed by atoms with E-state index >= 15 is 0 Å². The van der Waals surface area contributed by atoms with Crippen molar-refractivity contribution >= 4 is 11.6 Å². The number of methoxy groups -OCH3 is 4. The molecule has 6 heteroatoms. The monoisotopic (exact) mass is 444 g/mol. The third-order valence-corrected chi connectivity index (χ3v) is 4.72. The second kappa shape index (κ2) is 15.2. The molecule has 0 fully saturated rings. The van der Waals surface area contributed by atoms with Gasteiger partial charge in [0.25, 0.3) is 0 Å². The van der Waals surface area contributed by atoms with E-state index in [1.165, 1.54) is 40.6 Å². The lowest BCUT2D eigenvalue weighted by atomic mass is 10.1. The Morgan fingerprint density at radius 2 is 0.812 bits per heavy atom. The highest BCUT2D eigenvalue weighted by Gasteiger charge is 2.31. The van der Waals surface area contributed by atoms with Crippen LogP contribution in [0, 0.1) is 0 Å². The first kappa shape index (κ1) is 29.4. The predicted molar refractivity (Wildman–Crippen MR) is 128 cm³/mol. The third-order valence-electron chi connectivity index (χ3n) is 4.72. The zero-order valence-corrected chi connectivity index (χ0v) is 20.4. The maximum Gasteiger partial charge on any atom is 0.229 e. The molecule has 0 heterocycles. The van der Waals surface area contributed by atoms with Crippen molar-refractivity contribution in [2.24, 2.45) is 0 Å². The summed E-state index contributed by atoms with van der Waals surface area (Å²) in [4.78, 5) is 24.0. The summed E-state index contributed by atoms with van der Waals surface area (Å²) in [6, 6.07) is 0. The van der Waals surface area contributed by atoms with Gasteiger partial charge in [0.05, 0.1) is 0 Å². The van der Waals surface area contributed by atoms with Crippen LogP contribution in [0.1, 0.15) is 27.7 Å². The van der Waals surface area contributed by atoms with Crippen molar-refractivity contribution in [2.75, 3.05) is 28.4 Å². The van der Waals surface area contributed by atoms with Gasteiger partial charge in [0.1, 0.15) is 0 Å². The molecule has 0 unspecified atom stereocenters. The zero-order valence-electron chi connectivity index (χ0n) is 20.4. The smallest absolute Gasteiger partial charge is 0.229 e. The number of hydrogen-bond acceptors (Lipinski definition) is 6. The van der Waals surface area contributed by atoms with E-state index in [2.05, 4.69) is 0 Å². The Hall–Kier alpha value is -2.64. The summed E-state index contributed by atoms with van der Waals surface area (Å²) in [6.07, 6.45) is 21.2. The van der Waals surface area contributed by atoms with E-state index in [1.807, 2.05) is 50.3 Å². The van der Waals surface area contributed by atoms with Crippen LogP contribution in [-0.2, 0) is 28.5 Å². The molecule has 0 rings (SSSR count). The van der Waals surface area contributed by atoms with Gasteiger partial charge >= 0.3 is 0 Å². The van der Waals surface area contributed by atoms with Crippen LogP contribution in [-0.4, -0.2) is 51.6 Å². The van der Waals surface area contributed by atoms with Gasteiger partial charge in [0, 0.05) is 28.4 Å². The molecule has 176 valence electrons. The van der Waals surface area contributed by atoms with E-state index < -0.39 is 11.6 Å². The van der Waals surface area contributed by atoms with Gasteiger partial charge in [0.2, 0.25) is 23.1 Å². The minimum atomic E-state index is -1.27. The summed E-state index contributed by atoms with van der Waals surface area (Å²) in [6.45, 7) is 7.05. The summed E-state index contributed by atoms with van der Waals surface area (Å²) in [7, 11) is 5.70. The number of carbonyl (C=O) groups is 2. The van der Waals surface area contributed by atoms with Gasteiger partial charge in [-0.05, 0) is 39.8 Å². The molecular weight excluding hydrogens is 408 g/mol. The molecule has 0 aliphatic rings. The average molecular weight is 445 g/mol. The Morgan fingerprint density at radius 1 is 0.531 bits per heavy atom. The van der Waals surface area contributed by atoms with Crippen molar-refractivity contribution < 1.29 is 28.5 Å². The molecule has 0 aliphatic heterocycles. The summed E-state index contributed by atoms with van der Waals surface area (Å²) in [5.41, 5.74) is 2.03. The molecular formula is C26H36O6. The Kier molecular flexibility index (Phi) is 14.0. The van der Waals surface area contributed by atoms with Crippen LogP contribution in [0.4, 0.5) is 0 Å². The van der Waals surface area contributed by atoms with E-state index in [-0.39, 0.29) is 11.6 Å². The molecule has 0 aromatic rings. The van der Waals surface area contributed by atoms with Crippen molar-refractivity contribution in [1.82, 2.24) is 0 Å². The minimum absolute atomic E-state index is 0.270. The van der Waals surface area contributed by atoms with Crippen LogP contribution in [0.15, 0.2) is 84.1 Å². The number of ether oxygens (including phenoxy) is 4. The van der Waals surface area contributed by atoms with Gasteiger partial charge in [-0.1, -0.05) is 71.9 Å². The molecule has 0 radical (unpaired) electrons. The van der Waals surface area contributed by atoms with Gasteiger partial charge < -0.3 is 18.9 Å². The van der Waals surface area contributed by atoms with Gasteiger partial charge in [-0.25, -0.2) is 0 Å². The van der Waals surface area contributed by atoms with Crippen molar-refractivity contribution in [3.63, 3.8) is 0 Å². The van der Waals surface area contributed by atoms with Crippen LogP contribution in [0.2, 0.25) is 0 Å². The first-order valence-electron chi connectivity index (χ1n) is 10.1. The molecule has 0 aromatic carbocycles. The Balaban J connectivity index is 4.74. The zero-order chi connectivity index (χ0) is 24.6. The van der Waals surface area contributed by atoms with E-state index in [1.54, 1.807) is 38.2 Å². The summed E-state index contributed by atoms with van der Waals surface area (Å²) in [5, 5.41) is 0. The fraction of sp³-hybridized carbons (Fsp3) is 0.385. The van der Waals surface area contributed by atoms with Crippen LogP contribution in [0.3, 0.4) is 0 Å². The Bertz CT molecular complexity index is 745. The van der Waals surface area contributed by atoms with Crippen molar-refractivity contribution in [1.29, 1.82) is 0 Å². The predicted octanol–water partition coefficient (Wildman–Crippen LogP) is 4.82. The molecule has 6 nitrogen and oxygen atoms in total. The lowest BCUT2D eigenvalue weighted by Gasteiger charge is -2.22. The Labute approximate surface area is 192 Å². The van der Waals surface area contributed by atoms with E-state index in [4.69, 9.17) is 18.9 Å². The van der Waals surface area contributed by atoms with Gasteiger partial charge in [-0.3, -0.25) is 9.59 Å². The molecule has 32 heavy (non-hydrogen) atoms. The second-order valence-corrected chi connectivity index (χ2v) is 7.08. The molecule has 0 aliphatic carbocycles. The van der Waals surface area contributed by atoms with Crippen molar-refractivity contribution in [3.05, 3.63) is 84.1 Å². The van der Waals surface area contributed by atoms with Crippen LogP contribution < -0.4 is 0 Å². The summed E-state index contributed by atoms with van der Waals surface area (Å²) in [5.74, 6) is -3.08.